The molecule has 40 heavy (non-hydrogen) atoms. The molecule has 1 aliphatic heterocycles. The molecular weight excluding hydrogens is 532 g/mol. The lowest BCUT2D eigenvalue weighted by Crippen LogP contribution is -2.52. The van der Waals surface area contributed by atoms with Crippen molar-refractivity contribution in [1.29, 1.82) is 0 Å². The molecule has 206 valence electrons. The number of hydrogen-bond acceptors (Lipinski definition) is 9. The summed E-state index contributed by atoms with van der Waals surface area (Å²) in [7, 11) is 1.48. The maximum Gasteiger partial charge on any atom is 0.295 e. The second-order valence-corrected chi connectivity index (χ2v) is 10.2. The minimum absolute atomic E-state index is 0.0946. The highest BCUT2D eigenvalue weighted by Gasteiger charge is 2.31. The number of anilines is 1. The predicted octanol–water partition coefficient (Wildman–Crippen LogP) is 3.25. The Morgan fingerprint density at radius 2 is 1.82 bits per heavy atom. The standard InChI is InChI=1S/C28H28N6O5S/c1-39-20-16-31-23(21-17-32-28(40-21)29-9-5-6-14-35)24-22(20)19(15-30-24)25(36)27(38)34-12-10-33(11-13-34)26(37)18-7-3-2-4-8-18/h2-4,7-8,14-17,30H,5-6,9-13H2,1H3,(H,29,32). The molecule has 0 atom stereocenters. The summed E-state index contributed by atoms with van der Waals surface area (Å²) in [4.78, 5) is 65.9. The van der Waals surface area contributed by atoms with Crippen LogP contribution in [0.3, 0.4) is 0 Å². The molecule has 0 bridgehead atoms. The van der Waals surface area contributed by atoms with E-state index in [0.717, 1.165) is 11.2 Å². The van der Waals surface area contributed by atoms with Gasteiger partial charge in [0.05, 0.1) is 34.7 Å². The molecule has 3 aromatic heterocycles. The van der Waals surface area contributed by atoms with E-state index >= 15 is 0 Å². The first-order valence-electron chi connectivity index (χ1n) is 12.9. The van der Waals surface area contributed by atoms with Gasteiger partial charge in [-0.25, -0.2) is 9.97 Å². The number of nitrogens with zero attached hydrogens (tertiary/aromatic N) is 4. The molecule has 12 heteroatoms. The maximum absolute atomic E-state index is 13.4. The summed E-state index contributed by atoms with van der Waals surface area (Å²) in [6, 6.07) is 8.99. The number of carbonyl (C=O) groups is 4. The van der Waals surface area contributed by atoms with Crippen LogP contribution in [0.2, 0.25) is 0 Å². The van der Waals surface area contributed by atoms with Crippen LogP contribution in [0.4, 0.5) is 5.13 Å². The van der Waals surface area contributed by atoms with Gasteiger partial charge in [0.15, 0.2) is 5.13 Å². The van der Waals surface area contributed by atoms with Crippen molar-refractivity contribution in [2.24, 2.45) is 0 Å². The van der Waals surface area contributed by atoms with Crippen molar-refractivity contribution in [3.8, 4) is 16.3 Å². The quantitative estimate of drug-likeness (QED) is 0.131. The number of H-pyrrole nitrogens is 1. The Bertz CT molecular complexity index is 1540. The number of Topliss-reactive ketones (excluding diaryl/α,β-unsaturated/α-hetero) is 1. The molecule has 1 saturated heterocycles. The molecule has 4 heterocycles. The Balaban J connectivity index is 1.32. The number of hydrogen-bond donors (Lipinski definition) is 2. The predicted molar refractivity (Wildman–Crippen MR) is 151 cm³/mol. The van der Waals surface area contributed by atoms with Crippen molar-refractivity contribution < 1.29 is 23.9 Å². The van der Waals surface area contributed by atoms with Gasteiger partial charge in [0.1, 0.15) is 17.7 Å². The number of aldehydes is 1. The third kappa shape index (κ3) is 5.43. The lowest BCUT2D eigenvalue weighted by molar-refractivity contribution is -0.127. The normalized spacial score (nSPS) is 13.3. The van der Waals surface area contributed by atoms with Crippen molar-refractivity contribution in [3.05, 3.63) is 60.0 Å². The molecule has 2 amide bonds. The smallest absolute Gasteiger partial charge is 0.295 e. The third-order valence-electron chi connectivity index (χ3n) is 6.72. The summed E-state index contributed by atoms with van der Waals surface area (Å²) < 4.78 is 5.50. The number of amides is 2. The molecule has 0 spiro atoms. The number of rotatable bonds is 10. The number of ether oxygens (including phenoxy) is 1. The zero-order chi connectivity index (χ0) is 28.1. The average Bonchev–Trinajstić information content (AvgIpc) is 3.66. The number of pyridine rings is 1. The second-order valence-electron chi connectivity index (χ2n) is 9.17. The van der Waals surface area contributed by atoms with Gasteiger partial charge in [-0.3, -0.25) is 14.4 Å². The number of fused-ring (bicyclic) bond motifs is 1. The van der Waals surface area contributed by atoms with E-state index in [0.29, 0.717) is 65.5 Å². The van der Waals surface area contributed by atoms with E-state index in [-0.39, 0.29) is 24.6 Å². The monoisotopic (exact) mass is 560 g/mol. The van der Waals surface area contributed by atoms with E-state index in [1.54, 1.807) is 23.2 Å². The highest BCUT2D eigenvalue weighted by Crippen LogP contribution is 2.37. The van der Waals surface area contributed by atoms with Crippen LogP contribution in [0.25, 0.3) is 21.5 Å². The zero-order valence-electron chi connectivity index (χ0n) is 21.9. The Kier molecular flexibility index (Phi) is 8.15. The fourth-order valence-electron chi connectivity index (χ4n) is 4.62. The number of aromatic nitrogens is 3. The molecule has 1 aliphatic rings. The van der Waals surface area contributed by atoms with Gasteiger partial charge in [-0.2, -0.15) is 0 Å². The number of benzene rings is 1. The van der Waals surface area contributed by atoms with Crippen molar-refractivity contribution in [1.82, 2.24) is 24.8 Å². The van der Waals surface area contributed by atoms with Gasteiger partial charge >= 0.3 is 0 Å². The Labute approximate surface area is 234 Å². The SMILES string of the molecule is COc1cnc(-c2cnc(NCCCC=O)s2)c2[nH]cc(C(=O)C(=O)N3CCN(C(=O)c4ccccc4)CC3)c12. The number of unbranched alkanes of at least 4 members (excludes halogenated alkanes) is 1. The number of aromatic amines is 1. The minimum Gasteiger partial charge on any atom is -0.494 e. The van der Waals surface area contributed by atoms with E-state index in [2.05, 4.69) is 20.3 Å². The van der Waals surface area contributed by atoms with Gasteiger partial charge < -0.3 is 29.6 Å². The molecule has 4 aromatic rings. The van der Waals surface area contributed by atoms with Crippen molar-refractivity contribution >= 4 is 51.3 Å². The van der Waals surface area contributed by atoms with Gasteiger partial charge in [-0.05, 0) is 18.6 Å². The Hall–Kier alpha value is -4.58. The maximum atomic E-state index is 13.4. The van der Waals surface area contributed by atoms with Gasteiger partial charge in [0.2, 0.25) is 0 Å². The van der Waals surface area contributed by atoms with Gasteiger partial charge in [-0.1, -0.05) is 29.5 Å². The largest absolute Gasteiger partial charge is 0.494 e. The van der Waals surface area contributed by atoms with E-state index in [4.69, 9.17) is 4.74 Å². The van der Waals surface area contributed by atoms with Crippen LogP contribution in [-0.2, 0) is 9.59 Å². The number of nitrogens with one attached hydrogen (secondary N) is 2. The summed E-state index contributed by atoms with van der Waals surface area (Å²) in [5.41, 5.74) is 1.93. The summed E-state index contributed by atoms with van der Waals surface area (Å²) in [5.74, 6) is -1.02. The van der Waals surface area contributed by atoms with Crippen LogP contribution >= 0.6 is 11.3 Å². The minimum atomic E-state index is -0.661. The van der Waals surface area contributed by atoms with Crippen LogP contribution in [-0.4, -0.2) is 88.5 Å². The number of piperazine rings is 1. The lowest BCUT2D eigenvalue weighted by Gasteiger charge is -2.34. The van der Waals surface area contributed by atoms with Crippen LogP contribution in [0.5, 0.6) is 5.75 Å². The first kappa shape index (κ1) is 27.0. The van der Waals surface area contributed by atoms with E-state index in [1.165, 1.54) is 35.7 Å². The lowest BCUT2D eigenvalue weighted by atomic mass is 10.1. The van der Waals surface area contributed by atoms with Crippen LogP contribution < -0.4 is 10.1 Å². The Morgan fingerprint density at radius 3 is 2.55 bits per heavy atom. The second kappa shape index (κ2) is 12.1. The fourth-order valence-corrected chi connectivity index (χ4v) is 5.46. The van der Waals surface area contributed by atoms with Crippen molar-refractivity contribution in [3.63, 3.8) is 0 Å². The number of thiazole rings is 1. The molecule has 11 nitrogen and oxygen atoms in total. The highest BCUT2D eigenvalue weighted by molar-refractivity contribution is 7.18. The molecule has 0 radical (unpaired) electrons. The fraction of sp³-hybridized carbons (Fsp3) is 0.286. The van der Waals surface area contributed by atoms with Crippen molar-refractivity contribution in [2.75, 3.05) is 45.2 Å². The number of carbonyl (C=O) groups excluding carboxylic acids is 4. The topological polar surface area (TPSA) is 138 Å². The first-order chi connectivity index (χ1) is 19.5. The van der Waals surface area contributed by atoms with Crippen molar-refractivity contribution in [2.45, 2.75) is 12.8 Å². The molecule has 1 fully saturated rings. The summed E-state index contributed by atoms with van der Waals surface area (Å²) in [6.07, 6.45) is 6.79. The van der Waals surface area contributed by atoms with Crippen LogP contribution in [0, 0.1) is 0 Å². The molecule has 2 N–H and O–H groups in total. The highest BCUT2D eigenvalue weighted by atomic mass is 32.1. The van der Waals surface area contributed by atoms with Crippen LogP contribution in [0.15, 0.2) is 48.9 Å². The number of ketones is 1. The molecule has 5 rings (SSSR count). The van der Waals surface area contributed by atoms with E-state index in [9.17, 15) is 19.2 Å². The summed E-state index contributed by atoms with van der Waals surface area (Å²) in [6.45, 7) is 1.83. The molecule has 0 unspecified atom stereocenters. The number of methoxy groups -OCH3 is 1. The third-order valence-corrected chi connectivity index (χ3v) is 7.68. The summed E-state index contributed by atoms with van der Waals surface area (Å²) in [5, 5.41) is 4.35. The Morgan fingerprint density at radius 1 is 1.07 bits per heavy atom. The molecule has 0 aliphatic carbocycles. The summed E-state index contributed by atoms with van der Waals surface area (Å²) >= 11 is 1.39. The van der Waals surface area contributed by atoms with Gasteiger partial charge in [-0.15, -0.1) is 0 Å². The molecule has 0 saturated carbocycles. The van der Waals surface area contributed by atoms with Crippen LogP contribution in [0.1, 0.15) is 33.6 Å². The van der Waals surface area contributed by atoms with E-state index < -0.39 is 11.7 Å². The zero-order valence-corrected chi connectivity index (χ0v) is 22.7. The first-order valence-corrected chi connectivity index (χ1v) is 13.7. The molecule has 1 aromatic carbocycles. The average molecular weight is 561 g/mol. The molecular formula is C28H28N6O5S. The van der Waals surface area contributed by atoms with Gasteiger partial charge in [0, 0.05) is 57.1 Å². The van der Waals surface area contributed by atoms with E-state index in [1.807, 2.05) is 18.2 Å². The van der Waals surface area contributed by atoms with Gasteiger partial charge in [0.25, 0.3) is 17.6 Å².